The molecule has 1 atom stereocenters. The van der Waals surface area contributed by atoms with Gasteiger partial charge in [-0.1, -0.05) is 62.6 Å². The predicted octanol–water partition coefficient (Wildman–Crippen LogP) is 2.78. The van der Waals surface area contributed by atoms with E-state index in [1.807, 2.05) is 30.3 Å². The minimum atomic E-state index is -4.81. The third kappa shape index (κ3) is 6.01. The average Bonchev–Trinajstić information content (AvgIpc) is 2.42. The van der Waals surface area contributed by atoms with Crippen molar-refractivity contribution in [2.45, 2.75) is 38.0 Å². The van der Waals surface area contributed by atoms with E-state index in [2.05, 4.69) is 6.92 Å². The monoisotopic (exact) mass is 316 g/mol. The molecule has 0 radical (unpaired) electrons. The van der Waals surface area contributed by atoms with Crippen LogP contribution in [0.3, 0.4) is 0 Å². The van der Waals surface area contributed by atoms with Gasteiger partial charge in [0.2, 0.25) is 0 Å². The number of rotatable bonds is 8. The lowest BCUT2D eigenvalue weighted by atomic mass is 10.2. The number of carbonyl (C=O) groups is 1. The molecule has 20 heavy (non-hydrogen) atoms. The van der Waals surface area contributed by atoms with Gasteiger partial charge < -0.3 is 14.5 Å². The zero-order valence-electron chi connectivity index (χ0n) is 11.6. The van der Waals surface area contributed by atoms with Crippen LogP contribution in [0.25, 0.3) is 0 Å². The molecule has 1 aromatic carbocycles. The molecule has 7 heteroatoms. The van der Waals surface area contributed by atoms with Crippen molar-refractivity contribution in [3.63, 3.8) is 0 Å². The minimum absolute atomic E-state index is 0.465. The van der Waals surface area contributed by atoms with Gasteiger partial charge in [-0.3, -0.25) is 0 Å². The lowest BCUT2D eigenvalue weighted by molar-refractivity contribution is 0.148. The average molecular weight is 316 g/mol. The summed E-state index contributed by atoms with van der Waals surface area (Å²) in [6.45, 7) is 2.12. The first-order valence-electron chi connectivity index (χ1n) is 6.76. The van der Waals surface area contributed by atoms with Gasteiger partial charge >= 0.3 is 13.3 Å². The summed E-state index contributed by atoms with van der Waals surface area (Å²) in [6.07, 6.45) is 3.31. The smallest absolute Gasteiger partial charge is 0.433 e. The molecule has 0 spiro atoms. The van der Waals surface area contributed by atoms with E-state index < -0.39 is 28.6 Å². The van der Waals surface area contributed by atoms with Crippen molar-refractivity contribution >= 4 is 22.8 Å². The number of hydrogen-bond acceptors (Lipinski definition) is 3. The minimum Gasteiger partial charge on any atom is -0.453 e. The molecule has 1 unspecified atom stereocenters. The van der Waals surface area contributed by atoms with E-state index in [1.54, 1.807) is 0 Å². The highest BCUT2D eigenvalue weighted by Gasteiger charge is 2.31. The van der Waals surface area contributed by atoms with Crippen molar-refractivity contribution in [3.8, 4) is 0 Å². The molecule has 0 heterocycles. The summed E-state index contributed by atoms with van der Waals surface area (Å²) in [5, 5.41) is 0. The fraction of sp³-hybridized carbons (Fsp3) is 0.462. The Hall–Kier alpha value is -0.943. The normalized spacial score (nSPS) is 13.6. The number of benzene rings is 1. The predicted molar refractivity (Wildman–Crippen MR) is 80.6 cm³/mol. The Morgan fingerprint density at radius 3 is 2.50 bits per heavy atom. The van der Waals surface area contributed by atoms with Gasteiger partial charge in [0.15, 0.2) is 0 Å². The zero-order chi connectivity index (χ0) is 15.0. The highest BCUT2D eigenvalue weighted by atomic mass is 31.2. The van der Waals surface area contributed by atoms with E-state index in [0.29, 0.717) is 0 Å². The van der Waals surface area contributed by atoms with Crippen molar-refractivity contribution in [2.75, 3.05) is 0 Å². The van der Waals surface area contributed by atoms with Crippen molar-refractivity contribution in [1.29, 1.82) is 0 Å². The first-order chi connectivity index (χ1) is 9.45. The molecule has 0 aliphatic carbocycles. The van der Waals surface area contributed by atoms with Gasteiger partial charge in [0.25, 0.3) is 0 Å². The Balaban J connectivity index is 2.70. The van der Waals surface area contributed by atoms with Crippen molar-refractivity contribution in [2.24, 2.45) is 0 Å². The van der Waals surface area contributed by atoms with E-state index in [0.717, 1.165) is 30.9 Å². The summed E-state index contributed by atoms with van der Waals surface area (Å²) in [5.41, 5.74) is -1.07. The van der Waals surface area contributed by atoms with Crippen LogP contribution in [-0.2, 0) is 9.30 Å². The van der Waals surface area contributed by atoms with Crippen LogP contribution in [0, 0.1) is 0 Å². The van der Waals surface area contributed by atoms with E-state index >= 15 is 0 Å². The second-order valence-electron chi connectivity index (χ2n) is 4.68. The zero-order valence-corrected chi connectivity index (χ0v) is 13.9. The van der Waals surface area contributed by atoms with Crippen molar-refractivity contribution in [1.82, 2.24) is 0 Å². The Morgan fingerprint density at radius 1 is 1.30 bits per heavy atom. The van der Waals surface area contributed by atoms with E-state index in [4.69, 9.17) is 14.5 Å². The summed E-state index contributed by atoms with van der Waals surface area (Å²) in [4.78, 5) is 29.1. The molecule has 0 saturated carbocycles. The summed E-state index contributed by atoms with van der Waals surface area (Å²) >= 11 is 0. The molecule has 2 N–H and O–H groups in total. The first kappa shape index (κ1) is 17.1. The van der Waals surface area contributed by atoms with E-state index in [9.17, 15) is 9.36 Å². The SMILES string of the molecule is CCCCC[SiH2]C(OC(=O)P(=O)(O)O)c1ccccc1. The molecule has 0 aliphatic heterocycles. The second kappa shape index (κ2) is 8.37. The van der Waals surface area contributed by atoms with Crippen LogP contribution >= 0.6 is 7.60 Å². The van der Waals surface area contributed by atoms with Crippen LogP contribution in [0.1, 0.15) is 37.5 Å². The van der Waals surface area contributed by atoms with Crippen molar-refractivity contribution < 1.29 is 23.9 Å². The van der Waals surface area contributed by atoms with Crippen LogP contribution in [0.4, 0.5) is 4.79 Å². The molecule has 0 aliphatic rings. The van der Waals surface area contributed by atoms with Gasteiger partial charge in [0, 0.05) is 0 Å². The number of carbonyl (C=O) groups excluding carboxylic acids is 1. The third-order valence-electron chi connectivity index (χ3n) is 2.97. The van der Waals surface area contributed by atoms with Gasteiger partial charge in [-0.2, -0.15) is 0 Å². The maximum absolute atomic E-state index is 11.4. The number of hydrogen-bond donors (Lipinski definition) is 2. The van der Waals surface area contributed by atoms with Crippen LogP contribution in [0.15, 0.2) is 30.3 Å². The maximum atomic E-state index is 11.4. The Labute approximate surface area is 121 Å². The summed E-state index contributed by atoms with van der Waals surface area (Å²) in [7, 11) is -5.60. The van der Waals surface area contributed by atoms with Crippen molar-refractivity contribution in [3.05, 3.63) is 35.9 Å². The summed E-state index contributed by atoms with van der Waals surface area (Å²) in [6, 6.07) is 10.1. The lowest BCUT2D eigenvalue weighted by Gasteiger charge is -2.18. The fourth-order valence-corrected chi connectivity index (χ4v) is 4.20. The maximum Gasteiger partial charge on any atom is 0.433 e. The first-order valence-corrected chi connectivity index (χ1v) is 10.2. The molecule has 0 bridgehead atoms. The Morgan fingerprint density at radius 2 is 1.95 bits per heavy atom. The Bertz CT molecular complexity index is 459. The van der Waals surface area contributed by atoms with Gasteiger partial charge in [0.1, 0.15) is 5.73 Å². The molecule has 0 aromatic heterocycles. The number of unbranched alkanes of at least 4 members (excludes halogenated alkanes) is 2. The molecular formula is C13H21O5PSi. The second-order valence-corrected chi connectivity index (χ2v) is 8.16. The van der Waals surface area contributed by atoms with Crippen LogP contribution in [-0.4, -0.2) is 25.0 Å². The topological polar surface area (TPSA) is 83.8 Å². The summed E-state index contributed by atoms with van der Waals surface area (Å²) in [5.74, 6) is 0. The highest BCUT2D eigenvalue weighted by molar-refractivity contribution is 7.69. The fourth-order valence-electron chi connectivity index (χ4n) is 1.91. The lowest BCUT2D eigenvalue weighted by Crippen LogP contribution is -2.16. The van der Waals surface area contributed by atoms with Crippen LogP contribution in [0.2, 0.25) is 6.04 Å². The molecule has 1 rings (SSSR count). The van der Waals surface area contributed by atoms with Gasteiger partial charge in [0.05, 0.1) is 9.52 Å². The molecule has 0 fully saturated rings. The molecule has 0 amide bonds. The molecular weight excluding hydrogens is 295 g/mol. The van der Waals surface area contributed by atoms with Crippen LogP contribution < -0.4 is 0 Å². The Kier molecular flexibility index (Phi) is 7.16. The largest absolute Gasteiger partial charge is 0.453 e. The molecule has 112 valence electrons. The quantitative estimate of drug-likeness (QED) is 0.438. The standard InChI is InChI=1S/C13H21O5PSi/c1-2-3-7-10-20-12(11-8-5-4-6-9-11)18-13(14)19(15,16)17/h4-6,8-9,12H,2-3,7,10,20H2,1H3,(H2,15,16,17). The van der Waals surface area contributed by atoms with Gasteiger partial charge in [-0.05, 0) is 5.56 Å². The van der Waals surface area contributed by atoms with Crippen LogP contribution in [0.5, 0.6) is 0 Å². The van der Waals surface area contributed by atoms with Gasteiger partial charge in [-0.25, -0.2) is 9.36 Å². The third-order valence-corrected chi connectivity index (χ3v) is 5.62. The highest BCUT2D eigenvalue weighted by Crippen LogP contribution is 2.39. The van der Waals surface area contributed by atoms with Gasteiger partial charge in [-0.15, -0.1) is 0 Å². The summed E-state index contributed by atoms with van der Waals surface area (Å²) < 4.78 is 16.0. The molecule has 5 nitrogen and oxygen atoms in total. The number of ether oxygens (including phenoxy) is 1. The molecule has 0 saturated heterocycles. The van der Waals surface area contributed by atoms with E-state index in [1.165, 1.54) is 0 Å². The van der Waals surface area contributed by atoms with E-state index in [-0.39, 0.29) is 0 Å². The molecule has 1 aromatic rings.